The maximum absolute atomic E-state index is 12.2. The number of benzene rings is 2. The highest BCUT2D eigenvalue weighted by Crippen LogP contribution is 2.18. The highest BCUT2D eigenvalue weighted by Gasteiger charge is 2.15. The van der Waals surface area contributed by atoms with Gasteiger partial charge >= 0.3 is 0 Å². The van der Waals surface area contributed by atoms with Crippen LogP contribution in [-0.4, -0.2) is 26.7 Å². The monoisotopic (exact) mass is 293 g/mol. The van der Waals surface area contributed by atoms with E-state index in [2.05, 4.69) is 4.72 Å². The smallest absolute Gasteiger partial charge is 0.240 e. The van der Waals surface area contributed by atoms with Crippen LogP contribution in [0.15, 0.2) is 47.4 Å². The lowest BCUT2D eigenvalue weighted by molar-refractivity contribution is 0.263. The summed E-state index contributed by atoms with van der Waals surface area (Å²) in [4.78, 5) is 0.271. The van der Waals surface area contributed by atoms with Crippen LogP contribution >= 0.6 is 0 Å². The fourth-order valence-electron chi connectivity index (χ4n) is 1.99. The van der Waals surface area contributed by atoms with Crippen molar-refractivity contribution in [2.75, 3.05) is 13.2 Å². The third-order valence-corrected chi connectivity index (χ3v) is 4.70. The van der Waals surface area contributed by atoms with Gasteiger partial charge < -0.3 is 5.11 Å². The molecule has 1 unspecified atom stereocenters. The fourth-order valence-corrected chi connectivity index (χ4v) is 3.19. The maximum Gasteiger partial charge on any atom is 0.240 e. The predicted molar refractivity (Wildman–Crippen MR) is 80.0 cm³/mol. The molecule has 0 bridgehead atoms. The lowest BCUT2D eigenvalue weighted by atomic mass is 10.1. The van der Waals surface area contributed by atoms with Gasteiger partial charge in [0.15, 0.2) is 0 Å². The highest BCUT2D eigenvalue weighted by atomic mass is 32.2. The minimum absolute atomic E-state index is 0.0683. The Labute approximate surface area is 119 Å². The molecular weight excluding hydrogens is 274 g/mol. The summed E-state index contributed by atoms with van der Waals surface area (Å²) in [6, 6.07) is 12.7. The highest BCUT2D eigenvalue weighted by molar-refractivity contribution is 7.89. The average Bonchev–Trinajstić information content (AvgIpc) is 2.45. The fraction of sp³-hybridized carbons (Fsp3) is 0.333. The Kier molecular flexibility index (Phi) is 4.75. The number of rotatable bonds is 6. The number of hydrogen-bond donors (Lipinski definition) is 2. The van der Waals surface area contributed by atoms with E-state index in [0.29, 0.717) is 13.0 Å². The van der Waals surface area contributed by atoms with E-state index in [1.165, 1.54) is 0 Å². The lowest BCUT2D eigenvalue weighted by Crippen LogP contribution is -2.28. The molecule has 0 spiro atoms. The molecule has 0 saturated heterocycles. The first kappa shape index (κ1) is 15.0. The van der Waals surface area contributed by atoms with Crippen LogP contribution in [0.3, 0.4) is 0 Å². The van der Waals surface area contributed by atoms with Gasteiger partial charge in [0.1, 0.15) is 0 Å². The van der Waals surface area contributed by atoms with Crippen molar-refractivity contribution in [2.45, 2.75) is 18.2 Å². The van der Waals surface area contributed by atoms with Crippen LogP contribution in [-0.2, 0) is 10.0 Å². The van der Waals surface area contributed by atoms with Gasteiger partial charge in [0, 0.05) is 13.2 Å². The zero-order valence-electron chi connectivity index (χ0n) is 11.4. The molecule has 2 N–H and O–H groups in total. The molecule has 0 aliphatic rings. The van der Waals surface area contributed by atoms with Gasteiger partial charge in [-0.05, 0) is 35.2 Å². The Hall–Kier alpha value is -1.43. The number of aliphatic hydroxyl groups is 1. The van der Waals surface area contributed by atoms with Crippen molar-refractivity contribution in [1.29, 1.82) is 0 Å². The van der Waals surface area contributed by atoms with Crippen LogP contribution in [0.25, 0.3) is 10.8 Å². The molecule has 108 valence electrons. The summed E-state index contributed by atoms with van der Waals surface area (Å²) in [7, 11) is -3.50. The summed E-state index contributed by atoms with van der Waals surface area (Å²) in [6.45, 7) is 2.30. The normalized spacial score (nSPS) is 13.5. The summed E-state index contributed by atoms with van der Waals surface area (Å²) in [5, 5.41) is 10.7. The van der Waals surface area contributed by atoms with E-state index < -0.39 is 10.0 Å². The van der Waals surface area contributed by atoms with Gasteiger partial charge in [-0.3, -0.25) is 0 Å². The molecule has 0 heterocycles. The van der Waals surface area contributed by atoms with Crippen molar-refractivity contribution >= 4 is 20.8 Å². The van der Waals surface area contributed by atoms with E-state index in [1.54, 1.807) is 18.2 Å². The summed E-state index contributed by atoms with van der Waals surface area (Å²) in [5.41, 5.74) is 0. The van der Waals surface area contributed by atoms with Crippen LogP contribution < -0.4 is 4.72 Å². The van der Waals surface area contributed by atoms with Crippen molar-refractivity contribution in [3.8, 4) is 0 Å². The average molecular weight is 293 g/mol. The lowest BCUT2D eigenvalue weighted by Gasteiger charge is -2.12. The molecule has 0 saturated carbocycles. The predicted octanol–water partition coefficient (Wildman–Crippen LogP) is 2.14. The first-order valence-electron chi connectivity index (χ1n) is 6.62. The first-order valence-corrected chi connectivity index (χ1v) is 8.10. The van der Waals surface area contributed by atoms with E-state index in [4.69, 9.17) is 5.11 Å². The molecule has 20 heavy (non-hydrogen) atoms. The molecule has 0 radical (unpaired) electrons. The van der Waals surface area contributed by atoms with Crippen molar-refractivity contribution in [2.24, 2.45) is 5.92 Å². The van der Waals surface area contributed by atoms with Gasteiger partial charge in [0.05, 0.1) is 4.90 Å². The summed E-state index contributed by atoms with van der Waals surface area (Å²) >= 11 is 0. The molecule has 2 rings (SSSR count). The van der Waals surface area contributed by atoms with Gasteiger partial charge in [-0.15, -0.1) is 0 Å². The van der Waals surface area contributed by atoms with Crippen molar-refractivity contribution in [1.82, 2.24) is 4.72 Å². The zero-order valence-corrected chi connectivity index (χ0v) is 12.2. The second kappa shape index (κ2) is 6.35. The standard InChI is InChI=1S/C15H19NO3S/c1-12(8-9-17)11-16-20(18,19)15-7-6-13-4-2-3-5-14(13)10-15/h2-7,10,12,16-17H,8-9,11H2,1H3. The minimum atomic E-state index is -3.50. The molecule has 0 amide bonds. The summed E-state index contributed by atoms with van der Waals surface area (Å²) in [5.74, 6) is 0.107. The maximum atomic E-state index is 12.2. The number of nitrogens with one attached hydrogen (secondary N) is 1. The number of fused-ring (bicyclic) bond motifs is 1. The van der Waals surface area contributed by atoms with Crippen molar-refractivity contribution in [3.63, 3.8) is 0 Å². The van der Waals surface area contributed by atoms with Gasteiger partial charge in [0.25, 0.3) is 0 Å². The van der Waals surface area contributed by atoms with E-state index in [-0.39, 0.29) is 17.4 Å². The van der Waals surface area contributed by atoms with E-state index in [9.17, 15) is 8.42 Å². The van der Waals surface area contributed by atoms with Crippen LogP contribution in [0, 0.1) is 5.92 Å². The topological polar surface area (TPSA) is 66.4 Å². The minimum Gasteiger partial charge on any atom is -0.396 e. The van der Waals surface area contributed by atoms with Crippen LogP contribution in [0.1, 0.15) is 13.3 Å². The molecule has 5 heteroatoms. The second-order valence-electron chi connectivity index (χ2n) is 4.98. The Balaban J connectivity index is 2.19. The Morgan fingerprint density at radius 3 is 2.55 bits per heavy atom. The van der Waals surface area contributed by atoms with E-state index in [1.807, 2.05) is 31.2 Å². The number of aliphatic hydroxyl groups excluding tert-OH is 1. The van der Waals surface area contributed by atoms with Gasteiger partial charge in [-0.25, -0.2) is 13.1 Å². The quantitative estimate of drug-likeness (QED) is 0.857. The molecule has 0 aliphatic carbocycles. The first-order chi connectivity index (χ1) is 9.53. The molecule has 0 aliphatic heterocycles. The molecular formula is C15H19NO3S. The molecule has 2 aromatic carbocycles. The number of hydrogen-bond acceptors (Lipinski definition) is 3. The van der Waals surface area contributed by atoms with Crippen molar-refractivity contribution in [3.05, 3.63) is 42.5 Å². The molecule has 1 atom stereocenters. The van der Waals surface area contributed by atoms with Crippen LogP contribution in [0.2, 0.25) is 0 Å². The van der Waals surface area contributed by atoms with E-state index in [0.717, 1.165) is 10.8 Å². The van der Waals surface area contributed by atoms with Crippen LogP contribution in [0.4, 0.5) is 0 Å². The Bertz CT molecular complexity index is 682. The van der Waals surface area contributed by atoms with E-state index >= 15 is 0 Å². The molecule has 2 aromatic rings. The summed E-state index contributed by atoms with van der Waals surface area (Å²) in [6.07, 6.45) is 0.584. The third-order valence-electron chi connectivity index (χ3n) is 3.27. The summed E-state index contributed by atoms with van der Waals surface area (Å²) < 4.78 is 27.0. The largest absolute Gasteiger partial charge is 0.396 e. The molecule has 0 aromatic heterocycles. The SMILES string of the molecule is CC(CCO)CNS(=O)(=O)c1ccc2ccccc2c1. The van der Waals surface area contributed by atoms with Crippen molar-refractivity contribution < 1.29 is 13.5 Å². The molecule has 4 nitrogen and oxygen atoms in total. The zero-order chi connectivity index (χ0) is 14.6. The van der Waals surface area contributed by atoms with Crippen LogP contribution in [0.5, 0.6) is 0 Å². The molecule has 0 fully saturated rings. The third kappa shape index (κ3) is 3.56. The number of sulfonamides is 1. The Morgan fingerprint density at radius 2 is 1.85 bits per heavy atom. The Morgan fingerprint density at radius 1 is 1.15 bits per heavy atom. The van der Waals surface area contributed by atoms with Gasteiger partial charge in [-0.2, -0.15) is 0 Å². The second-order valence-corrected chi connectivity index (χ2v) is 6.75. The van der Waals surface area contributed by atoms with Gasteiger partial charge in [-0.1, -0.05) is 37.3 Å². The van der Waals surface area contributed by atoms with Gasteiger partial charge in [0.2, 0.25) is 10.0 Å².